The number of hydrogen-bond donors (Lipinski definition) is 2. The summed E-state index contributed by atoms with van der Waals surface area (Å²) in [5.41, 5.74) is 1.67. The zero-order valence-corrected chi connectivity index (χ0v) is 14.5. The Kier molecular flexibility index (Phi) is 7.22. The van der Waals surface area contributed by atoms with E-state index in [9.17, 15) is 4.79 Å². The molecular formula is C18H30N2O2. The lowest BCUT2D eigenvalue weighted by atomic mass is 10.0. The molecule has 0 heterocycles. The molecule has 0 radical (unpaired) electrons. The molecule has 1 aromatic rings. The fraction of sp³-hybridized carbons (Fsp3) is 0.611. The maximum atomic E-state index is 11.7. The van der Waals surface area contributed by atoms with Gasteiger partial charge in [0.15, 0.2) is 0 Å². The predicted molar refractivity (Wildman–Crippen MR) is 92.1 cm³/mol. The van der Waals surface area contributed by atoms with E-state index in [-0.39, 0.29) is 6.09 Å². The second kappa shape index (κ2) is 8.66. The van der Waals surface area contributed by atoms with Gasteiger partial charge in [-0.25, -0.2) is 4.79 Å². The van der Waals surface area contributed by atoms with Gasteiger partial charge in [0.25, 0.3) is 0 Å². The normalized spacial score (nSPS) is 11.4. The molecule has 0 aliphatic rings. The van der Waals surface area contributed by atoms with Gasteiger partial charge in [-0.3, -0.25) is 0 Å². The Morgan fingerprint density at radius 1 is 1.18 bits per heavy atom. The average molecular weight is 306 g/mol. The molecule has 0 aliphatic heterocycles. The third-order valence-electron chi connectivity index (χ3n) is 3.58. The summed E-state index contributed by atoms with van der Waals surface area (Å²) in [5.74, 6) is 0.673. The number of amides is 1. The van der Waals surface area contributed by atoms with Crippen molar-refractivity contribution in [1.29, 1.82) is 0 Å². The number of nitrogens with one attached hydrogen (secondary N) is 2. The van der Waals surface area contributed by atoms with Crippen LogP contribution in [-0.2, 0) is 11.3 Å². The van der Waals surface area contributed by atoms with E-state index in [2.05, 4.69) is 30.5 Å². The molecule has 0 atom stereocenters. The van der Waals surface area contributed by atoms with E-state index in [0.29, 0.717) is 12.5 Å². The molecule has 4 nitrogen and oxygen atoms in total. The quantitative estimate of drug-likeness (QED) is 0.776. The molecule has 2 N–H and O–H groups in total. The maximum absolute atomic E-state index is 11.7. The molecule has 124 valence electrons. The minimum atomic E-state index is -0.475. The van der Waals surface area contributed by atoms with Crippen molar-refractivity contribution in [3.05, 3.63) is 29.8 Å². The second-order valence-corrected chi connectivity index (χ2v) is 6.58. The van der Waals surface area contributed by atoms with Crippen LogP contribution in [0.15, 0.2) is 24.3 Å². The van der Waals surface area contributed by atoms with Gasteiger partial charge in [0.05, 0.1) is 0 Å². The third kappa shape index (κ3) is 6.83. The van der Waals surface area contributed by atoms with Crippen molar-refractivity contribution in [3.63, 3.8) is 0 Å². The SMILES string of the molecule is CCC(CC)CNc1ccccc1CNC(=O)OC(C)(C)C. The Hall–Kier alpha value is -1.71. The van der Waals surface area contributed by atoms with Crippen LogP contribution in [0.25, 0.3) is 0 Å². The van der Waals surface area contributed by atoms with Crippen LogP contribution in [0.4, 0.5) is 10.5 Å². The number of benzene rings is 1. The molecule has 1 amide bonds. The number of anilines is 1. The second-order valence-electron chi connectivity index (χ2n) is 6.58. The van der Waals surface area contributed by atoms with Crippen LogP contribution in [0.3, 0.4) is 0 Å². The number of alkyl carbamates (subject to hydrolysis) is 1. The fourth-order valence-corrected chi connectivity index (χ4v) is 2.16. The van der Waals surface area contributed by atoms with Gasteiger partial charge in [0.1, 0.15) is 5.60 Å². The van der Waals surface area contributed by atoms with Crippen LogP contribution in [0, 0.1) is 5.92 Å². The first-order chi connectivity index (χ1) is 10.4. The molecular weight excluding hydrogens is 276 g/mol. The monoisotopic (exact) mass is 306 g/mol. The standard InChI is InChI=1S/C18H30N2O2/c1-6-14(7-2)12-19-16-11-9-8-10-15(16)13-20-17(21)22-18(3,4)5/h8-11,14,19H,6-7,12-13H2,1-5H3,(H,20,21). The molecule has 1 aromatic carbocycles. The summed E-state index contributed by atoms with van der Waals surface area (Å²) in [6, 6.07) is 8.06. The molecule has 4 heteroatoms. The molecule has 0 spiro atoms. The van der Waals surface area contributed by atoms with Crippen molar-refractivity contribution in [2.24, 2.45) is 5.92 Å². The Labute approximate surface area is 134 Å². The number of hydrogen-bond acceptors (Lipinski definition) is 3. The summed E-state index contributed by atoms with van der Waals surface area (Å²) >= 11 is 0. The van der Waals surface area contributed by atoms with Gasteiger partial charge in [0.2, 0.25) is 0 Å². The molecule has 1 rings (SSSR count). The van der Waals surface area contributed by atoms with Crippen LogP contribution in [0.5, 0.6) is 0 Å². The van der Waals surface area contributed by atoms with E-state index in [1.54, 1.807) is 0 Å². The number of carbonyl (C=O) groups excluding carboxylic acids is 1. The van der Waals surface area contributed by atoms with Crippen molar-refractivity contribution >= 4 is 11.8 Å². The number of rotatable bonds is 7. The minimum absolute atomic E-state index is 0.387. The highest BCUT2D eigenvalue weighted by Gasteiger charge is 2.16. The Bertz CT molecular complexity index is 462. The minimum Gasteiger partial charge on any atom is -0.444 e. The summed E-state index contributed by atoms with van der Waals surface area (Å²) in [5, 5.41) is 6.31. The van der Waals surface area contributed by atoms with Crippen LogP contribution in [0.2, 0.25) is 0 Å². The molecule has 0 fully saturated rings. The Morgan fingerprint density at radius 3 is 2.41 bits per heavy atom. The van der Waals surface area contributed by atoms with E-state index >= 15 is 0 Å². The predicted octanol–water partition coefficient (Wildman–Crippen LogP) is 4.56. The highest BCUT2D eigenvalue weighted by atomic mass is 16.6. The van der Waals surface area contributed by atoms with Crippen LogP contribution in [-0.4, -0.2) is 18.2 Å². The van der Waals surface area contributed by atoms with Crippen molar-refractivity contribution in [3.8, 4) is 0 Å². The molecule has 0 saturated carbocycles. The Morgan fingerprint density at radius 2 is 1.82 bits per heavy atom. The topological polar surface area (TPSA) is 50.4 Å². The van der Waals surface area contributed by atoms with Gasteiger partial charge in [0, 0.05) is 18.8 Å². The van der Waals surface area contributed by atoms with Crippen molar-refractivity contribution in [2.45, 2.75) is 59.6 Å². The van der Waals surface area contributed by atoms with Gasteiger partial charge in [-0.05, 0) is 38.3 Å². The molecule has 0 saturated heterocycles. The largest absolute Gasteiger partial charge is 0.444 e. The van der Waals surface area contributed by atoms with Gasteiger partial charge in [-0.15, -0.1) is 0 Å². The summed E-state index contributed by atoms with van der Waals surface area (Å²) < 4.78 is 5.26. The van der Waals surface area contributed by atoms with Crippen molar-refractivity contribution in [2.75, 3.05) is 11.9 Å². The van der Waals surface area contributed by atoms with Gasteiger partial charge < -0.3 is 15.4 Å². The van der Waals surface area contributed by atoms with E-state index in [1.165, 1.54) is 12.8 Å². The fourth-order valence-electron chi connectivity index (χ4n) is 2.16. The molecule has 0 aromatic heterocycles. The van der Waals surface area contributed by atoms with E-state index in [1.807, 2.05) is 39.0 Å². The van der Waals surface area contributed by atoms with Gasteiger partial charge in [-0.1, -0.05) is 44.9 Å². The summed E-state index contributed by atoms with van der Waals surface area (Å²) in [4.78, 5) is 11.7. The van der Waals surface area contributed by atoms with Gasteiger partial charge >= 0.3 is 6.09 Å². The van der Waals surface area contributed by atoms with E-state index in [0.717, 1.165) is 17.8 Å². The maximum Gasteiger partial charge on any atom is 0.407 e. The molecule has 22 heavy (non-hydrogen) atoms. The summed E-state index contributed by atoms with van der Waals surface area (Å²) in [6.45, 7) is 11.4. The van der Waals surface area contributed by atoms with Crippen molar-refractivity contribution in [1.82, 2.24) is 5.32 Å². The molecule has 0 aliphatic carbocycles. The van der Waals surface area contributed by atoms with Crippen LogP contribution in [0.1, 0.15) is 53.0 Å². The lowest BCUT2D eigenvalue weighted by molar-refractivity contribution is 0.0523. The van der Waals surface area contributed by atoms with E-state index in [4.69, 9.17) is 4.74 Å². The first-order valence-corrected chi connectivity index (χ1v) is 8.14. The third-order valence-corrected chi connectivity index (χ3v) is 3.58. The van der Waals surface area contributed by atoms with Crippen molar-refractivity contribution < 1.29 is 9.53 Å². The number of carbonyl (C=O) groups is 1. The average Bonchev–Trinajstić information content (AvgIpc) is 2.45. The zero-order valence-electron chi connectivity index (χ0n) is 14.5. The zero-order chi connectivity index (χ0) is 16.6. The lowest BCUT2D eigenvalue weighted by Gasteiger charge is -2.20. The molecule has 0 bridgehead atoms. The first kappa shape index (κ1) is 18.3. The highest BCUT2D eigenvalue weighted by molar-refractivity contribution is 5.68. The summed E-state index contributed by atoms with van der Waals surface area (Å²) in [6.07, 6.45) is 1.95. The number of para-hydroxylation sites is 1. The Balaban J connectivity index is 2.58. The number of ether oxygens (including phenoxy) is 1. The first-order valence-electron chi connectivity index (χ1n) is 8.14. The van der Waals surface area contributed by atoms with Crippen LogP contribution >= 0.6 is 0 Å². The van der Waals surface area contributed by atoms with E-state index < -0.39 is 5.60 Å². The molecule has 0 unspecified atom stereocenters. The van der Waals surface area contributed by atoms with Gasteiger partial charge in [-0.2, -0.15) is 0 Å². The highest BCUT2D eigenvalue weighted by Crippen LogP contribution is 2.17. The smallest absolute Gasteiger partial charge is 0.407 e. The van der Waals surface area contributed by atoms with Crippen LogP contribution < -0.4 is 10.6 Å². The lowest BCUT2D eigenvalue weighted by Crippen LogP contribution is -2.32. The summed E-state index contributed by atoms with van der Waals surface area (Å²) in [7, 11) is 0.